The molecule has 1 aliphatic carbocycles. The van der Waals surface area contributed by atoms with Crippen LogP contribution in [0.1, 0.15) is 52.8 Å². The number of esters is 1. The van der Waals surface area contributed by atoms with Gasteiger partial charge in [0.05, 0.1) is 17.4 Å². The van der Waals surface area contributed by atoms with E-state index in [9.17, 15) is 18.0 Å². The zero-order chi connectivity index (χ0) is 19.6. The summed E-state index contributed by atoms with van der Waals surface area (Å²) in [6.07, 6.45) is 5.52. The van der Waals surface area contributed by atoms with E-state index in [0.717, 1.165) is 45.5 Å². The molecule has 0 atom stereocenters. The summed E-state index contributed by atoms with van der Waals surface area (Å²) in [4.78, 5) is 25.5. The molecular weight excluding hydrogens is 814 g/mol. The molecule has 1 aliphatic rings. The standard InChI is InChI=1S/C15H15I4NO5S/c1-26(23,24)20-14(21)8-9(11(17)13(19)12(18)10(8)16)15(22)25-7-5-3-2-4-6-7/h7H,2-6H2,1H3,(H,20,21). The smallest absolute Gasteiger partial charge is 0.340 e. The number of carbonyl (C=O) groups excluding carboxylic acids is 2. The zero-order valence-electron chi connectivity index (χ0n) is 13.6. The normalized spacial score (nSPS) is 15.6. The van der Waals surface area contributed by atoms with Crippen LogP contribution in [0.4, 0.5) is 0 Å². The van der Waals surface area contributed by atoms with Crippen LogP contribution >= 0.6 is 90.4 Å². The molecule has 0 saturated heterocycles. The minimum absolute atomic E-state index is 0.0473. The topological polar surface area (TPSA) is 89.5 Å². The minimum Gasteiger partial charge on any atom is -0.459 e. The Morgan fingerprint density at radius 1 is 0.923 bits per heavy atom. The average molecular weight is 829 g/mol. The van der Waals surface area contributed by atoms with Gasteiger partial charge < -0.3 is 4.74 Å². The first-order chi connectivity index (χ1) is 12.0. The first-order valence-corrected chi connectivity index (χ1v) is 13.8. The molecule has 0 aromatic heterocycles. The van der Waals surface area contributed by atoms with Crippen LogP contribution < -0.4 is 4.72 Å². The summed E-state index contributed by atoms with van der Waals surface area (Å²) in [5, 5.41) is 0. The SMILES string of the molecule is CS(=O)(=O)NC(=O)c1c(I)c(I)c(I)c(I)c1C(=O)OC1CCCCC1. The highest BCUT2D eigenvalue weighted by Gasteiger charge is 2.31. The van der Waals surface area contributed by atoms with E-state index >= 15 is 0 Å². The molecule has 1 amide bonds. The molecule has 2 rings (SSSR count). The van der Waals surface area contributed by atoms with Gasteiger partial charge in [-0.3, -0.25) is 4.79 Å². The van der Waals surface area contributed by atoms with Gasteiger partial charge in [0, 0.05) is 14.3 Å². The molecule has 26 heavy (non-hydrogen) atoms. The summed E-state index contributed by atoms with van der Waals surface area (Å²) in [5.74, 6) is -1.40. The van der Waals surface area contributed by atoms with Crippen molar-refractivity contribution in [1.29, 1.82) is 0 Å². The molecule has 6 nitrogen and oxygen atoms in total. The summed E-state index contributed by atoms with van der Waals surface area (Å²) in [5.41, 5.74) is 0.178. The number of rotatable bonds is 4. The van der Waals surface area contributed by atoms with Crippen LogP contribution in [0, 0.1) is 14.3 Å². The van der Waals surface area contributed by atoms with Crippen LogP contribution in [-0.2, 0) is 14.8 Å². The van der Waals surface area contributed by atoms with Gasteiger partial charge in [0.2, 0.25) is 10.0 Å². The van der Waals surface area contributed by atoms with Gasteiger partial charge in [0.1, 0.15) is 6.10 Å². The van der Waals surface area contributed by atoms with Crippen molar-refractivity contribution >= 4 is 112 Å². The van der Waals surface area contributed by atoms with E-state index in [4.69, 9.17) is 4.74 Å². The van der Waals surface area contributed by atoms with Gasteiger partial charge in [0.25, 0.3) is 5.91 Å². The lowest BCUT2D eigenvalue weighted by atomic mass is 9.97. The molecule has 1 aromatic rings. The Morgan fingerprint density at radius 2 is 1.42 bits per heavy atom. The number of carbonyl (C=O) groups is 2. The molecule has 0 radical (unpaired) electrons. The summed E-state index contributed by atoms with van der Waals surface area (Å²) in [7, 11) is -3.76. The monoisotopic (exact) mass is 829 g/mol. The van der Waals surface area contributed by atoms with Crippen molar-refractivity contribution in [2.24, 2.45) is 0 Å². The van der Waals surface area contributed by atoms with Crippen LogP contribution in [0.5, 0.6) is 0 Å². The van der Waals surface area contributed by atoms with E-state index in [-0.39, 0.29) is 17.2 Å². The maximum Gasteiger partial charge on any atom is 0.340 e. The van der Waals surface area contributed by atoms with E-state index in [1.165, 1.54) is 0 Å². The lowest BCUT2D eigenvalue weighted by Crippen LogP contribution is -2.33. The lowest BCUT2D eigenvalue weighted by molar-refractivity contribution is 0.0207. The van der Waals surface area contributed by atoms with Gasteiger partial charge in [-0.2, -0.15) is 0 Å². The molecule has 1 saturated carbocycles. The highest BCUT2D eigenvalue weighted by atomic mass is 127. The summed E-state index contributed by atoms with van der Waals surface area (Å²) in [6.45, 7) is 0. The highest BCUT2D eigenvalue weighted by Crippen LogP contribution is 2.34. The van der Waals surface area contributed by atoms with Crippen molar-refractivity contribution in [1.82, 2.24) is 4.72 Å². The van der Waals surface area contributed by atoms with E-state index in [1.54, 1.807) is 0 Å². The predicted molar refractivity (Wildman–Crippen MR) is 132 cm³/mol. The third kappa shape index (κ3) is 5.77. The molecule has 0 heterocycles. The second kappa shape index (κ2) is 9.69. The second-order valence-electron chi connectivity index (χ2n) is 5.87. The zero-order valence-corrected chi connectivity index (χ0v) is 23.0. The molecule has 11 heteroatoms. The fourth-order valence-corrected chi connectivity index (χ4v) is 6.74. The number of benzene rings is 1. The van der Waals surface area contributed by atoms with Gasteiger partial charge in [0.15, 0.2) is 0 Å². The Morgan fingerprint density at radius 3 is 1.92 bits per heavy atom. The fourth-order valence-electron chi connectivity index (χ4n) is 2.65. The Labute approximate surface area is 207 Å². The van der Waals surface area contributed by atoms with Crippen LogP contribution in [0.3, 0.4) is 0 Å². The van der Waals surface area contributed by atoms with E-state index in [0.29, 0.717) is 7.14 Å². The van der Waals surface area contributed by atoms with Crippen molar-refractivity contribution in [3.05, 3.63) is 25.4 Å². The molecule has 144 valence electrons. The Hall–Kier alpha value is 1.03. The Balaban J connectivity index is 2.51. The van der Waals surface area contributed by atoms with Gasteiger partial charge in [-0.1, -0.05) is 6.42 Å². The number of amides is 1. The fraction of sp³-hybridized carbons (Fsp3) is 0.467. The number of sulfonamides is 1. The van der Waals surface area contributed by atoms with E-state index < -0.39 is 21.9 Å². The van der Waals surface area contributed by atoms with Gasteiger partial charge >= 0.3 is 5.97 Å². The second-order valence-corrected chi connectivity index (χ2v) is 11.9. The summed E-state index contributed by atoms with van der Waals surface area (Å²) < 4.78 is 33.4. The average Bonchev–Trinajstić information content (AvgIpc) is 2.55. The van der Waals surface area contributed by atoms with Gasteiger partial charge in [-0.05, 0) is 116 Å². The third-order valence-corrected chi connectivity index (χ3v) is 11.8. The maximum atomic E-state index is 12.9. The van der Waals surface area contributed by atoms with Gasteiger partial charge in [-0.25, -0.2) is 17.9 Å². The number of ether oxygens (including phenoxy) is 1. The first kappa shape index (κ1) is 23.3. The van der Waals surface area contributed by atoms with E-state index in [1.807, 2.05) is 49.9 Å². The quantitative estimate of drug-likeness (QED) is 0.212. The molecule has 0 bridgehead atoms. The molecular formula is C15H15I4NO5S. The molecule has 0 aliphatic heterocycles. The van der Waals surface area contributed by atoms with Crippen molar-refractivity contribution in [2.45, 2.75) is 38.2 Å². The van der Waals surface area contributed by atoms with Crippen molar-refractivity contribution < 1.29 is 22.7 Å². The Kier molecular flexibility index (Phi) is 8.68. The highest BCUT2D eigenvalue weighted by molar-refractivity contribution is 14.1. The van der Waals surface area contributed by atoms with E-state index in [2.05, 4.69) is 45.2 Å². The van der Waals surface area contributed by atoms with Crippen LogP contribution in [0.25, 0.3) is 0 Å². The van der Waals surface area contributed by atoms with Crippen LogP contribution in [-0.4, -0.2) is 32.7 Å². The maximum absolute atomic E-state index is 12.9. The van der Waals surface area contributed by atoms with Crippen molar-refractivity contribution in [2.75, 3.05) is 6.26 Å². The molecule has 1 N–H and O–H groups in total. The Bertz CT molecular complexity index is 850. The minimum atomic E-state index is -3.76. The summed E-state index contributed by atoms with van der Waals surface area (Å²) >= 11 is 8.17. The third-order valence-electron chi connectivity index (χ3n) is 3.80. The lowest BCUT2D eigenvalue weighted by Gasteiger charge is -2.23. The van der Waals surface area contributed by atoms with Crippen molar-refractivity contribution in [3.8, 4) is 0 Å². The largest absolute Gasteiger partial charge is 0.459 e. The number of nitrogens with one attached hydrogen (secondary N) is 1. The molecule has 1 fully saturated rings. The number of hydrogen-bond donors (Lipinski definition) is 1. The number of halogens is 4. The molecule has 1 aromatic carbocycles. The number of hydrogen-bond acceptors (Lipinski definition) is 5. The molecule has 0 spiro atoms. The summed E-state index contributed by atoms with van der Waals surface area (Å²) in [6, 6.07) is 0. The van der Waals surface area contributed by atoms with Crippen LogP contribution in [0.15, 0.2) is 0 Å². The van der Waals surface area contributed by atoms with Crippen molar-refractivity contribution in [3.63, 3.8) is 0 Å². The molecule has 0 unspecified atom stereocenters. The first-order valence-electron chi connectivity index (χ1n) is 7.62. The van der Waals surface area contributed by atoms with Gasteiger partial charge in [-0.15, -0.1) is 0 Å². The predicted octanol–water partition coefficient (Wildman–Crippen LogP) is 4.28. The van der Waals surface area contributed by atoms with Crippen LogP contribution in [0.2, 0.25) is 0 Å².